The van der Waals surface area contributed by atoms with Crippen LogP contribution in [-0.2, 0) is 0 Å². The number of hydrogen-bond donors (Lipinski definition) is 1. The topological polar surface area (TPSA) is 12.0 Å². The Kier molecular flexibility index (Phi) is 7.62. The van der Waals surface area contributed by atoms with Gasteiger partial charge >= 0.3 is 0 Å². The molecule has 0 saturated carbocycles. The molecule has 0 aromatic heterocycles. The molecular weight excluding hydrogens is 158 g/mol. The molecular formula is C12H29N. The quantitative estimate of drug-likeness (QED) is 0.692. The van der Waals surface area contributed by atoms with E-state index >= 15 is 0 Å². The van der Waals surface area contributed by atoms with Crippen molar-refractivity contribution in [2.45, 2.75) is 67.3 Å². The zero-order valence-electron chi connectivity index (χ0n) is 10.9. The van der Waals surface area contributed by atoms with Crippen LogP contribution >= 0.6 is 0 Å². The SMILES string of the molecule is CC.CC(C)(C)CCNC(C)(C)C. The summed E-state index contributed by atoms with van der Waals surface area (Å²) in [5, 5.41) is 3.48. The molecule has 0 saturated heterocycles. The molecule has 0 fully saturated rings. The minimum Gasteiger partial charge on any atom is -0.312 e. The maximum Gasteiger partial charge on any atom is 0.00965 e. The highest BCUT2D eigenvalue weighted by Gasteiger charge is 2.12. The number of rotatable bonds is 2. The van der Waals surface area contributed by atoms with Crippen molar-refractivity contribution in [3.8, 4) is 0 Å². The molecule has 0 aromatic carbocycles. The molecule has 0 unspecified atom stereocenters. The van der Waals surface area contributed by atoms with E-state index in [9.17, 15) is 0 Å². The van der Waals surface area contributed by atoms with Gasteiger partial charge in [0.2, 0.25) is 0 Å². The van der Waals surface area contributed by atoms with Crippen molar-refractivity contribution in [2.24, 2.45) is 5.41 Å². The van der Waals surface area contributed by atoms with Crippen LogP contribution in [-0.4, -0.2) is 12.1 Å². The van der Waals surface area contributed by atoms with Crippen LogP contribution in [0.25, 0.3) is 0 Å². The molecule has 1 nitrogen and oxygen atoms in total. The molecule has 0 aliphatic rings. The average Bonchev–Trinajstić information content (AvgIpc) is 1.86. The predicted octanol–water partition coefficient (Wildman–Crippen LogP) is 3.84. The molecule has 0 rings (SSSR count). The molecule has 1 N–H and O–H groups in total. The molecule has 0 radical (unpaired) electrons. The van der Waals surface area contributed by atoms with Gasteiger partial charge in [0.05, 0.1) is 0 Å². The summed E-state index contributed by atoms with van der Waals surface area (Å²) in [4.78, 5) is 0. The second-order valence-electron chi connectivity index (χ2n) is 5.49. The fourth-order valence-electron chi connectivity index (χ4n) is 0.812. The molecule has 0 aliphatic heterocycles. The fourth-order valence-corrected chi connectivity index (χ4v) is 0.812. The van der Waals surface area contributed by atoms with Gasteiger partial charge in [0.1, 0.15) is 0 Å². The van der Waals surface area contributed by atoms with Crippen LogP contribution in [0.3, 0.4) is 0 Å². The van der Waals surface area contributed by atoms with Crippen LogP contribution < -0.4 is 5.32 Å². The Morgan fingerprint density at radius 2 is 1.23 bits per heavy atom. The monoisotopic (exact) mass is 187 g/mol. The lowest BCUT2D eigenvalue weighted by atomic mass is 9.92. The first-order valence-electron chi connectivity index (χ1n) is 5.46. The van der Waals surface area contributed by atoms with E-state index in [1.54, 1.807) is 0 Å². The van der Waals surface area contributed by atoms with Crippen molar-refractivity contribution in [1.82, 2.24) is 5.32 Å². The van der Waals surface area contributed by atoms with Gasteiger partial charge < -0.3 is 5.32 Å². The maximum absolute atomic E-state index is 3.48. The third-order valence-corrected chi connectivity index (χ3v) is 1.53. The van der Waals surface area contributed by atoms with E-state index in [2.05, 4.69) is 46.9 Å². The van der Waals surface area contributed by atoms with E-state index in [1.165, 1.54) is 6.42 Å². The highest BCUT2D eigenvalue weighted by molar-refractivity contribution is 4.72. The summed E-state index contributed by atoms with van der Waals surface area (Å²) in [6.45, 7) is 18.6. The smallest absolute Gasteiger partial charge is 0.00965 e. The summed E-state index contributed by atoms with van der Waals surface area (Å²) in [5.41, 5.74) is 0.726. The van der Waals surface area contributed by atoms with Crippen LogP contribution in [0.5, 0.6) is 0 Å². The van der Waals surface area contributed by atoms with Crippen molar-refractivity contribution >= 4 is 0 Å². The standard InChI is InChI=1S/C10H23N.C2H6/c1-9(2,3)7-8-11-10(4,5)6;1-2/h11H,7-8H2,1-6H3;1-2H3. The second-order valence-corrected chi connectivity index (χ2v) is 5.49. The lowest BCUT2D eigenvalue weighted by Crippen LogP contribution is -2.37. The van der Waals surface area contributed by atoms with Crippen LogP contribution in [0.2, 0.25) is 0 Å². The molecule has 13 heavy (non-hydrogen) atoms. The van der Waals surface area contributed by atoms with Crippen molar-refractivity contribution in [3.05, 3.63) is 0 Å². The van der Waals surface area contributed by atoms with Gasteiger partial charge in [-0.05, 0) is 39.2 Å². The predicted molar refractivity (Wildman–Crippen MR) is 63.2 cm³/mol. The molecule has 1 heteroatoms. The van der Waals surface area contributed by atoms with E-state index in [0.717, 1.165) is 6.54 Å². The first kappa shape index (κ1) is 15.4. The molecule has 0 amide bonds. The Morgan fingerprint density at radius 3 is 1.46 bits per heavy atom. The second kappa shape index (κ2) is 6.42. The Hall–Kier alpha value is -0.0400. The fraction of sp³-hybridized carbons (Fsp3) is 1.00. The Labute approximate surface area is 85.3 Å². The van der Waals surface area contributed by atoms with Gasteiger partial charge in [-0.25, -0.2) is 0 Å². The van der Waals surface area contributed by atoms with Crippen molar-refractivity contribution in [3.63, 3.8) is 0 Å². The third-order valence-electron chi connectivity index (χ3n) is 1.53. The molecule has 0 spiro atoms. The molecule has 0 bridgehead atoms. The van der Waals surface area contributed by atoms with Crippen LogP contribution in [0, 0.1) is 5.41 Å². The first-order valence-corrected chi connectivity index (χ1v) is 5.46. The lowest BCUT2D eigenvalue weighted by Gasteiger charge is -2.24. The Bertz CT molecular complexity index is 89.3. The van der Waals surface area contributed by atoms with E-state index in [0.29, 0.717) is 5.41 Å². The van der Waals surface area contributed by atoms with Gasteiger partial charge in [0, 0.05) is 5.54 Å². The molecule has 0 aromatic rings. The third kappa shape index (κ3) is 18.7. The highest BCUT2D eigenvalue weighted by atomic mass is 14.9. The molecule has 82 valence electrons. The first-order chi connectivity index (χ1) is 5.71. The van der Waals surface area contributed by atoms with E-state index in [4.69, 9.17) is 0 Å². The Balaban J connectivity index is 0. The minimum absolute atomic E-state index is 0.269. The average molecular weight is 187 g/mol. The zero-order valence-corrected chi connectivity index (χ0v) is 10.9. The van der Waals surface area contributed by atoms with E-state index in [1.807, 2.05) is 13.8 Å². The normalized spacial score (nSPS) is 12.0. The summed E-state index contributed by atoms with van der Waals surface area (Å²) in [6.07, 6.45) is 1.24. The molecule has 0 aliphatic carbocycles. The molecule has 0 heterocycles. The maximum atomic E-state index is 3.48. The van der Waals surface area contributed by atoms with Gasteiger partial charge in [-0.2, -0.15) is 0 Å². The van der Waals surface area contributed by atoms with Crippen molar-refractivity contribution in [2.75, 3.05) is 6.54 Å². The highest BCUT2D eigenvalue weighted by Crippen LogP contribution is 2.17. The van der Waals surface area contributed by atoms with Crippen LogP contribution in [0.4, 0.5) is 0 Å². The lowest BCUT2D eigenvalue weighted by molar-refractivity contribution is 0.331. The Morgan fingerprint density at radius 1 is 0.846 bits per heavy atom. The van der Waals surface area contributed by atoms with Crippen LogP contribution in [0.1, 0.15) is 61.8 Å². The number of nitrogens with one attached hydrogen (secondary N) is 1. The van der Waals surface area contributed by atoms with Gasteiger partial charge in [-0.3, -0.25) is 0 Å². The summed E-state index contributed by atoms with van der Waals surface area (Å²) in [5.74, 6) is 0. The van der Waals surface area contributed by atoms with E-state index < -0.39 is 0 Å². The van der Waals surface area contributed by atoms with Crippen molar-refractivity contribution < 1.29 is 0 Å². The summed E-state index contributed by atoms with van der Waals surface area (Å²) in [7, 11) is 0. The van der Waals surface area contributed by atoms with Gasteiger partial charge in [0.25, 0.3) is 0 Å². The summed E-state index contributed by atoms with van der Waals surface area (Å²) >= 11 is 0. The number of hydrogen-bond acceptors (Lipinski definition) is 1. The van der Waals surface area contributed by atoms with Crippen molar-refractivity contribution in [1.29, 1.82) is 0 Å². The zero-order chi connectivity index (χ0) is 11.1. The summed E-state index contributed by atoms with van der Waals surface area (Å²) < 4.78 is 0. The van der Waals surface area contributed by atoms with Gasteiger partial charge in [0.15, 0.2) is 0 Å². The van der Waals surface area contributed by atoms with E-state index in [-0.39, 0.29) is 5.54 Å². The molecule has 0 atom stereocenters. The summed E-state index contributed by atoms with van der Waals surface area (Å²) in [6, 6.07) is 0. The van der Waals surface area contributed by atoms with Gasteiger partial charge in [-0.1, -0.05) is 34.6 Å². The minimum atomic E-state index is 0.269. The van der Waals surface area contributed by atoms with Crippen LogP contribution in [0.15, 0.2) is 0 Å². The largest absolute Gasteiger partial charge is 0.312 e. The van der Waals surface area contributed by atoms with Gasteiger partial charge in [-0.15, -0.1) is 0 Å².